The summed E-state index contributed by atoms with van der Waals surface area (Å²) in [6.45, 7) is 0. The molecule has 350 valence electrons. The van der Waals surface area contributed by atoms with Crippen LogP contribution in [0.25, 0.3) is 154 Å². The van der Waals surface area contributed by atoms with E-state index in [1.807, 2.05) is 24.5 Å². The highest BCUT2D eigenvalue weighted by atomic mass is 32.1. The Morgan fingerprint density at radius 2 is 0.658 bits per heavy atom. The molecular formula is C67H34N6S3. The van der Waals surface area contributed by atoms with Gasteiger partial charge in [0, 0.05) is 96.7 Å². The van der Waals surface area contributed by atoms with Crippen molar-refractivity contribution in [1.29, 1.82) is 10.5 Å². The maximum atomic E-state index is 12.7. The number of hydrogen-bond donors (Lipinski definition) is 0. The average molecular weight is 1020 g/mol. The van der Waals surface area contributed by atoms with Crippen LogP contribution in [0.2, 0.25) is 0 Å². The normalized spacial score (nSPS) is 12.2. The number of fused-ring (bicyclic) bond motifs is 21. The molecule has 10 aromatic carbocycles. The minimum atomic E-state index is 0.389. The molecule has 0 aliphatic heterocycles. The maximum absolute atomic E-state index is 12.7. The minimum absolute atomic E-state index is 0.389. The molecule has 9 heteroatoms. The fourth-order valence-electron chi connectivity index (χ4n) is 12.8. The van der Waals surface area contributed by atoms with Crippen LogP contribution in [0.4, 0.5) is 0 Å². The molecule has 7 aromatic heterocycles. The first-order chi connectivity index (χ1) is 37.7. The number of rotatable bonds is 4. The average Bonchev–Trinajstić information content (AvgIpc) is 4.51. The van der Waals surface area contributed by atoms with Gasteiger partial charge in [-0.2, -0.15) is 10.5 Å². The molecule has 0 unspecified atom stereocenters. The van der Waals surface area contributed by atoms with Crippen molar-refractivity contribution in [3.63, 3.8) is 0 Å². The van der Waals surface area contributed by atoms with E-state index in [1.165, 1.54) is 30.3 Å². The number of nitrogens with zero attached hydrogens (tertiary/aromatic N) is 6. The Balaban J connectivity index is 1.19. The monoisotopic (exact) mass is 1020 g/mol. The van der Waals surface area contributed by atoms with Gasteiger partial charge in [-0.25, -0.2) is 0 Å². The molecule has 0 saturated heterocycles. The lowest BCUT2D eigenvalue weighted by molar-refractivity contribution is 1.07. The standard InChI is InChI=1S/C67H34N6S3/c68-35-50-58(37-31-33-70-34-32-37)64(73-54-21-9-3-15-40(54)46-27-30-49-43-18-6-12-24-57(43)76-67(49)63(46)73)60(72-53-20-8-2-14-39(53)45-26-29-48-42-17-5-11-23-56(42)75-66(48)62(45)72)51(36-69)59(50)71-52-19-7-1-13-38(52)44-25-28-47-41-16-4-10-22-55(41)74-65(47)61(44)71/h1-34H. The van der Waals surface area contributed by atoms with Crippen molar-refractivity contribution in [2.75, 3.05) is 0 Å². The first kappa shape index (κ1) is 41.8. The van der Waals surface area contributed by atoms with Gasteiger partial charge >= 0.3 is 0 Å². The zero-order chi connectivity index (χ0) is 49.9. The molecular weight excluding hydrogens is 985 g/mol. The maximum Gasteiger partial charge on any atom is 0.104 e. The van der Waals surface area contributed by atoms with Crippen LogP contribution in [0.5, 0.6) is 0 Å². The summed E-state index contributed by atoms with van der Waals surface area (Å²) >= 11 is 5.33. The van der Waals surface area contributed by atoms with Crippen LogP contribution < -0.4 is 0 Å². The second-order valence-electron chi connectivity index (χ2n) is 19.5. The molecule has 0 radical (unpaired) electrons. The number of pyridine rings is 1. The summed E-state index contributed by atoms with van der Waals surface area (Å²) in [5, 5.41) is 38.6. The summed E-state index contributed by atoms with van der Waals surface area (Å²) < 4.78 is 14.0. The Bertz CT molecular complexity index is 5510. The van der Waals surface area contributed by atoms with Gasteiger partial charge in [0.25, 0.3) is 0 Å². The van der Waals surface area contributed by atoms with Crippen molar-refractivity contribution in [2.45, 2.75) is 0 Å². The van der Waals surface area contributed by atoms with Crippen LogP contribution in [-0.2, 0) is 0 Å². The highest BCUT2D eigenvalue weighted by Gasteiger charge is 2.35. The van der Waals surface area contributed by atoms with Crippen LogP contribution in [0, 0.1) is 22.7 Å². The van der Waals surface area contributed by atoms with Crippen molar-refractivity contribution in [3.8, 4) is 40.3 Å². The fourth-order valence-corrected chi connectivity index (χ4v) is 16.5. The van der Waals surface area contributed by atoms with E-state index in [0.29, 0.717) is 28.1 Å². The lowest BCUT2D eigenvalue weighted by Crippen LogP contribution is -2.14. The molecule has 0 saturated carbocycles. The van der Waals surface area contributed by atoms with Crippen molar-refractivity contribution < 1.29 is 0 Å². The van der Waals surface area contributed by atoms with Gasteiger partial charge in [0.1, 0.15) is 17.7 Å². The molecule has 6 nitrogen and oxygen atoms in total. The topological polar surface area (TPSA) is 75.3 Å². The zero-order valence-electron chi connectivity index (χ0n) is 40.0. The summed E-state index contributed by atoms with van der Waals surface area (Å²) in [5.74, 6) is 0. The fraction of sp³-hybridized carbons (Fsp3) is 0. The second kappa shape index (κ2) is 15.5. The molecule has 7 heterocycles. The Hall–Kier alpha value is -9.61. The van der Waals surface area contributed by atoms with Gasteiger partial charge in [0.2, 0.25) is 0 Å². The van der Waals surface area contributed by atoms with E-state index in [0.717, 1.165) is 107 Å². The van der Waals surface area contributed by atoms with Gasteiger partial charge in [-0.1, -0.05) is 146 Å². The second-order valence-corrected chi connectivity index (χ2v) is 22.7. The van der Waals surface area contributed by atoms with E-state index in [4.69, 9.17) is 0 Å². The van der Waals surface area contributed by atoms with Gasteiger partial charge in [-0.15, -0.1) is 34.0 Å². The number of nitriles is 2. The van der Waals surface area contributed by atoms with E-state index < -0.39 is 0 Å². The van der Waals surface area contributed by atoms with Gasteiger partial charge in [-0.3, -0.25) is 4.98 Å². The van der Waals surface area contributed by atoms with Gasteiger partial charge in [0.15, 0.2) is 0 Å². The van der Waals surface area contributed by atoms with Crippen molar-refractivity contribution >= 4 is 160 Å². The number of hydrogen-bond acceptors (Lipinski definition) is 6. The molecule has 0 fully saturated rings. The van der Waals surface area contributed by atoms with Crippen molar-refractivity contribution in [3.05, 3.63) is 218 Å². The molecule has 0 bridgehead atoms. The number of aromatic nitrogens is 4. The van der Waals surface area contributed by atoms with Gasteiger partial charge in [0.05, 0.1) is 69.8 Å². The third-order valence-electron chi connectivity index (χ3n) is 15.8. The first-order valence-electron chi connectivity index (χ1n) is 25.1. The lowest BCUT2D eigenvalue weighted by Gasteiger charge is -2.26. The highest BCUT2D eigenvalue weighted by molar-refractivity contribution is 7.27. The predicted molar refractivity (Wildman–Crippen MR) is 321 cm³/mol. The number of benzene rings is 10. The highest BCUT2D eigenvalue weighted by Crippen LogP contribution is 2.53. The molecule has 0 spiro atoms. The zero-order valence-corrected chi connectivity index (χ0v) is 42.5. The summed E-state index contributed by atoms with van der Waals surface area (Å²) in [6, 6.07) is 75.0. The molecule has 0 N–H and O–H groups in total. The summed E-state index contributed by atoms with van der Waals surface area (Å²) in [6.07, 6.45) is 3.63. The van der Waals surface area contributed by atoms with Crippen LogP contribution in [0.1, 0.15) is 11.1 Å². The molecule has 17 aromatic rings. The predicted octanol–water partition coefficient (Wildman–Crippen LogP) is 18.9. The summed E-state index contributed by atoms with van der Waals surface area (Å²) in [5.41, 5.74) is 10.1. The Morgan fingerprint density at radius 3 is 1.07 bits per heavy atom. The van der Waals surface area contributed by atoms with E-state index in [-0.39, 0.29) is 0 Å². The van der Waals surface area contributed by atoms with E-state index in [2.05, 4.69) is 213 Å². The van der Waals surface area contributed by atoms with Gasteiger partial charge in [-0.05, 0) is 54.1 Å². The Morgan fingerprint density at radius 1 is 0.316 bits per heavy atom. The molecule has 17 rings (SSSR count). The SMILES string of the molecule is N#Cc1c(-c2ccncc2)c(-n2c3ccccc3c3ccc4c5ccccc5sc4c32)c(-n2c3ccccc3c3ccc4c5ccccc5sc4c32)c(C#N)c1-n1c2ccccc2c2ccc3c4ccccc4sc3c21. The van der Waals surface area contributed by atoms with Crippen LogP contribution in [0.3, 0.4) is 0 Å². The van der Waals surface area contributed by atoms with Crippen LogP contribution >= 0.6 is 34.0 Å². The third-order valence-corrected chi connectivity index (χ3v) is 19.4. The quantitative estimate of drug-likeness (QED) is 0.176. The van der Waals surface area contributed by atoms with Crippen LogP contribution in [0.15, 0.2) is 207 Å². The van der Waals surface area contributed by atoms with E-state index in [1.54, 1.807) is 34.0 Å². The van der Waals surface area contributed by atoms with E-state index >= 15 is 0 Å². The third kappa shape index (κ3) is 5.38. The summed E-state index contributed by atoms with van der Waals surface area (Å²) in [7, 11) is 0. The Labute approximate surface area is 444 Å². The molecule has 0 aliphatic carbocycles. The summed E-state index contributed by atoms with van der Waals surface area (Å²) in [4.78, 5) is 4.59. The number of thiophene rings is 3. The van der Waals surface area contributed by atoms with Crippen molar-refractivity contribution in [2.24, 2.45) is 0 Å². The molecule has 0 amide bonds. The largest absolute Gasteiger partial charge is 0.305 e. The van der Waals surface area contributed by atoms with Crippen LogP contribution in [-0.4, -0.2) is 18.7 Å². The Kier molecular flexibility index (Phi) is 8.51. The van der Waals surface area contributed by atoms with E-state index in [9.17, 15) is 10.5 Å². The lowest BCUT2D eigenvalue weighted by atomic mass is 9.91. The molecule has 76 heavy (non-hydrogen) atoms. The molecule has 0 atom stereocenters. The number of para-hydroxylation sites is 3. The molecule has 0 aliphatic rings. The minimum Gasteiger partial charge on any atom is -0.305 e. The van der Waals surface area contributed by atoms with Crippen molar-refractivity contribution in [1.82, 2.24) is 18.7 Å². The first-order valence-corrected chi connectivity index (χ1v) is 27.6. The van der Waals surface area contributed by atoms with Gasteiger partial charge < -0.3 is 13.7 Å². The smallest absolute Gasteiger partial charge is 0.104 e.